The molecule has 0 unspecified atom stereocenters. The molecule has 0 heterocycles. The molecule has 0 fully saturated rings. The van der Waals surface area contributed by atoms with Crippen LogP contribution in [0.2, 0.25) is 10.0 Å². The van der Waals surface area contributed by atoms with E-state index in [1.807, 2.05) is 0 Å². The molecule has 0 atom stereocenters. The quantitative estimate of drug-likeness (QED) is 0.875. The highest BCUT2D eigenvalue weighted by molar-refractivity contribution is 7.92. The van der Waals surface area contributed by atoms with Gasteiger partial charge in [-0.05, 0) is 36.4 Å². The molecule has 2 aromatic carbocycles. The van der Waals surface area contributed by atoms with Crippen LogP contribution >= 0.6 is 23.2 Å². The lowest BCUT2D eigenvalue weighted by molar-refractivity contribution is 0.100. The van der Waals surface area contributed by atoms with Crippen molar-refractivity contribution in [2.75, 3.05) is 4.72 Å². The number of halogens is 3. The Hall–Kier alpha value is -1.83. The van der Waals surface area contributed by atoms with Crippen molar-refractivity contribution < 1.29 is 17.6 Å². The molecule has 0 aliphatic carbocycles. The fourth-order valence-corrected chi connectivity index (χ4v) is 3.47. The SMILES string of the molecule is NC(=O)c1ccc(Cl)c(NS(=O)(=O)c2ccc(F)cc2Cl)c1. The molecule has 0 spiro atoms. The molecule has 0 radical (unpaired) electrons. The number of carbonyl (C=O) groups excluding carboxylic acids is 1. The Bertz CT molecular complexity index is 856. The zero-order valence-corrected chi connectivity index (χ0v) is 13.1. The number of carbonyl (C=O) groups is 1. The van der Waals surface area contributed by atoms with Gasteiger partial charge < -0.3 is 5.73 Å². The molecular weight excluding hydrogens is 354 g/mol. The third kappa shape index (κ3) is 3.49. The minimum atomic E-state index is -4.11. The van der Waals surface area contributed by atoms with E-state index in [0.29, 0.717) is 0 Å². The first-order valence-electron chi connectivity index (χ1n) is 5.78. The number of nitrogens with two attached hydrogens (primary N) is 1. The molecule has 0 saturated heterocycles. The van der Waals surface area contributed by atoms with Gasteiger partial charge in [-0.2, -0.15) is 0 Å². The van der Waals surface area contributed by atoms with Gasteiger partial charge in [0.2, 0.25) is 5.91 Å². The number of primary amides is 1. The second-order valence-corrected chi connectivity index (χ2v) is 6.70. The zero-order chi connectivity index (χ0) is 16.5. The standard InChI is InChI=1S/C13H9Cl2FN2O3S/c14-9-3-1-7(13(17)19)5-11(9)18-22(20,21)12-4-2-8(16)6-10(12)15/h1-6,18H,(H2,17,19). The number of benzene rings is 2. The van der Waals surface area contributed by atoms with Crippen LogP contribution in [0, 0.1) is 5.82 Å². The van der Waals surface area contributed by atoms with Gasteiger partial charge in [-0.15, -0.1) is 0 Å². The van der Waals surface area contributed by atoms with Crippen molar-refractivity contribution in [2.24, 2.45) is 5.73 Å². The summed E-state index contributed by atoms with van der Waals surface area (Å²) in [5.41, 5.74) is 5.16. The van der Waals surface area contributed by atoms with Crippen LogP contribution in [0.15, 0.2) is 41.3 Å². The summed E-state index contributed by atoms with van der Waals surface area (Å²) < 4.78 is 39.7. The molecule has 0 aromatic heterocycles. The van der Waals surface area contributed by atoms with Crippen molar-refractivity contribution in [3.8, 4) is 0 Å². The van der Waals surface area contributed by atoms with Crippen LogP contribution in [0.25, 0.3) is 0 Å². The maximum absolute atomic E-state index is 13.0. The van der Waals surface area contributed by atoms with Gasteiger partial charge in [0.15, 0.2) is 0 Å². The molecule has 5 nitrogen and oxygen atoms in total. The summed E-state index contributed by atoms with van der Waals surface area (Å²) >= 11 is 11.6. The van der Waals surface area contributed by atoms with Crippen molar-refractivity contribution in [2.45, 2.75) is 4.90 Å². The summed E-state index contributed by atoms with van der Waals surface area (Å²) in [6, 6.07) is 6.73. The molecule has 0 bridgehead atoms. The van der Waals surface area contributed by atoms with Crippen molar-refractivity contribution >= 4 is 44.8 Å². The second kappa shape index (κ2) is 6.12. The van der Waals surface area contributed by atoms with Crippen LogP contribution in [0.5, 0.6) is 0 Å². The van der Waals surface area contributed by atoms with Crippen LogP contribution in [0.4, 0.5) is 10.1 Å². The van der Waals surface area contributed by atoms with E-state index < -0.39 is 21.7 Å². The fourth-order valence-electron chi connectivity index (χ4n) is 1.65. The minimum Gasteiger partial charge on any atom is -0.366 e. The molecule has 9 heteroatoms. The van der Waals surface area contributed by atoms with E-state index >= 15 is 0 Å². The van der Waals surface area contributed by atoms with E-state index in [1.54, 1.807) is 0 Å². The van der Waals surface area contributed by atoms with Crippen LogP contribution in [0.1, 0.15) is 10.4 Å². The number of rotatable bonds is 4. The predicted molar refractivity (Wildman–Crippen MR) is 82.2 cm³/mol. The monoisotopic (exact) mass is 362 g/mol. The van der Waals surface area contributed by atoms with E-state index in [2.05, 4.69) is 4.72 Å². The number of sulfonamides is 1. The van der Waals surface area contributed by atoms with Crippen molar-refractivity contribution in [1.29, 1.82) is 0 Å². The molecule has 2 rings (SSSR count). The summed E-state index contributed by atoms with van der Waals surface area (Å²) in [6.45, 7) is 0. The van der Waals surface area contributed by atoms with Gasteiger partial charge in [-0.25, -0.2) is 12.8 Å². The molecule has 0 saturated carbocycles. The van der Waals surface area contributed by atoms with Crippen LogP contribution in [0.3, 0.4) is 0 Å². The normalized spacial score (nSPS) is 11.2. The molecule has 0 aliphatic rings. The number of amides is 1. The Morgan fingerprint density at radius 3 is 2.36 bits per heavy atom. The van der Waals surface area contributed by atoms with Crippen LogP contribution in [-0.4, -0.2) is 14.3 Å². The average molecular weight is 363 g/mol. The van der Waals surface area contributed by atoms with Crippen molar-refractivity contribution in [1.82, 2.24) is 0 Å². The Morgan fingerprint density at radius 2 is 1.77 bits per heavy atom. The van der Waals surface area contributed by atoms with Crippen LogP contribution in [-0.2, 0) is 10.0 Å². The van der Waals surface area contributed by atoms with Gasteiger partial charge in [-0.1, -0.05) is 23.2 Å². The maximum atomic E-state index is 13.0. The number of nitrogens with one attached hydrogen (secondary N) is 1. The summed E-state index contributed by atoms with van der Waals surface area (Å²) in [7, 11) is -4.11. The lowest BCUT2D eigenvalue weighted by Gasteiger charge is -2.11. The lowest BCUT2D eigenvalue weighted by atomic mass is 10.2. The second-order valence-electron chi connectivity index (χ2n) is 4.24. The predicted octanol–water partition coefficient (Wildman–Crippen LogP) is 3.03. The average Bonchev–Trinajstić information content (AvgIpc) is 2.40. The summed E-state index contributed by atoms with van der Waals surface area (Å²) in [5.74, 6) is -1.41. The fraction of sp³-hybridized carbons (Fsp3) is 0. The molecule has 2 aromatic rings. The van der Waals surface area contributed by atoms with Crippen LogP contribution < -0.4 is 10.5 Å². The highest BCUT2D eigenvalue weighted by atomic mass is 35.5. The zero-order valence-electron chi connectivity index (χ0n) is 10.8. The number of hydrogen-bond donors (Lipinski definition) is 2. The van der Waals surface area contributed by atoms with E-state index in [0.717, 1.165) is 18.2 Å². The van der Waals surface area contributed by atoms with E-state index in [-0.39, 0.29) is 26.2 Å². The summed E-state index contributed by atoms with van der Waals surface area (Å²) in [4.78, 5) is 10.8. The van der Waals surface area contributed by atoms with E-state index in [4.69, 9.17) is 28.9 Å². The first-order chi connectivity index (χ1) is 10.2. The summed E-state index contributed by atoms with van der Waals surface area (Å²) in [5, 5.41) is -0.221. The molecular formula is C13H9Cl2FN2O3S. The highest BCUT2D eigenvalue weighted by Crippen LogP contribution is 2.28. The van der Waals surface area contributed by atoms with Gasteiger partial charge in [-0.3, -0.25) is 9.52 Å². The molecule has 116 valence electrons. The Kier molecular flexibility index (Phi) is 4.60. The number of anilines is 1. The van der Waals surface area contributed by atoms with E-state index in [9.17, 15) is 17.6 Å². The molecule has 3 N–H and O–H groups in total. The maximum Gasteiger partial charge on any atom is 0.263 e. The smallest absolute Gasteiger partial charge is 0.263 e. The Labute approximate surface area is 135 Å². The summed E-state index contributed by atoms with van der Waals surface area (Å²) in [6.07, 6.45) is 0. The molecule has 22 heavy (non-hydrogen) atoms. The number of hydrogen-bond acceptors (Lipinski definition) is 3. The van der Waals surface area contributed by atoms with Gasteiger partial charge in [0.1, 0.15) is 10.7 Å². The molecule has 0 aliphatic heterocycles. The Balaban J connectivity index is 2.45. The highest BCUT2D eigenvalue weighted by Gasteiger charge is 2.20. The first-order valence-corrected chi connectivity index (χ1v) is 8.02. The van der Waals surface area contributed by atoms with Gasteiger partial charge in [0.25, 0.3) is 10.0 Å². The first kappa shape index (κ1) is 16.5. The Morgan fingerprint density at radius 1 is 1.09 bits per heavy atom. The van der Waals surface area contributed by atoms with Gasteiger partial charge in [0, 0.05) is 5.56 Å². The third-order valence-corrected chi connectivity index (χ3v) is 4.86. The van der Waals surface area contributed by atoms with Crippen molar-refractivity contribution in [3.05, 3.63) is 57.8 Å². The topological polar surface area (TPSA) is 89.3 Å². The third-order valence-electron chi connectivity index (χ3n) is 2.68. The van der Waals surface area contributed by atoms with Gasteiger partial charge in [0.05, 0.1) is 15.7 Å². The molecule has 1 amide bonds. The van der Waals surface area contributed by atoms with E-state index in [1.165, 1.54) is 18.2 Å². The van der Waals surface area contributed by atoms with Gasteiger partial charge >= 0.3 is 0 Å². The van der Waals surface area contributed by atoms with Crippen molar-refractivity contribution in [3.63, 3.8) is 0 Å². The minimum absolute atomic E-state index is 0.0432. The largest absolute Gasteiger partial charge is 0.366 e. The lowest BCUT2D eigenvalue weighted by Crippen LogP contribution is -2.16.